The fourth-order valence-corrected chi connectivity index (χ4v) is 2.15. The van der Waals surface area contributed by atoms with Crippen molar-refractivity contribution < 1.29 is 4.79 Å². The van der Waals surface area contributed by atoms with Gasteiger partial charge in [-0.15, -0.1) is 18.2 Å². The topological polar surface area (TPSA) is 55.1 Å². The SMILES string of the molecule is C#CCNC(=O)CSc1ccc(Br)cc1N. The van der Waals surface area contributed by atoms with Gasteiger partial charge in [-0.3, -0.25) is 4.79 Å². The maximum absolute atomic E-state index is 11.3. The van der Waals surface area contributed by atoms with E-state index < -0.39 is 0 Å². The van der Waals surface area contributed by atoms with Gasteiger partial charge in [0.2, 0.25) is 5.91 Å². The van der Waals surface area contributed by atoms with E-state index in [-0.39, 0.29) is 12.5 Å². The second kappa shape index (κ2) is 6.46. The van der Waals surface area contributed by atoms with Gasteiger partial charge in [-0.25, -0.2) is 0 Å². The zero-order valence-electron chi connectivity index (χ0n) is 8.50. The molecule has 0 atom stereocenters. The Hall–Kier alpha value is -1.12. The van der Waals surface area contributed by atoms with Crippen LogP contribution >= 0.6 is 27.7 Å². The number of benzene rings is 1. The maximum atomic E-state index is 11.3. The summed E-state index contributed by atoms with van der Waals surface area (Å²) in [5.41, 5.74) is 6.45. The quantitative estimate of drug-likeness (QED) is 0.507. The summed E-state index contributed by atoms with van der Waals surface area (Å²) in [6, 6.07) is 5.57. The molecular weight excluding hydrogens is 288 g/mol. The number of hydrogen-bond donors (Lipinski definition) is 2. The molecule has 0 spiro atoms. The van der Waals surface area contributed by atoms with Crippen LogP contribution in [0.5, 0.6) is 0 Å². The first-order valence-electron chi connectivity index (χ1n) is 4.51. The minimum absolute atomic E-state index is 0.0923. The summed E-state index contributed by atoms with van der Waals surface area (Å²) in [5.74, 6) is 2.56. The van der Waals surface area contributed by atoms with Crippen molar-refractivity contribution in [3.8, 4) is 12.3 Å². The standard InChI is InChI=1S/C11H11BrN2OS/c1-2-5-14-11(15)7-16-10-4-3-8(12)6-9(10)13/h1,3-4,6H,5,7,13H2,(H,14,15). The highest BCUT2D eigenvalue weighted by Crippen LogP contribution is 2.27. The van der Waals surface area contributed by atoms with Gasteiger partial charge in [0, 0.05) is 15.1 Å². The molecule has 1 aromatic rings. The minimum atomic E-state index is -0.0923. The Morgan fingerprint density at radius 2 is 2.38 bits per heavy atom. The molecule has 5 heteroatoms. The number of nitrogen functional groups attached to an aromatic ring is 1. The summed E-state index contributed by atoms with van der Waals surface area (Å²) in [6.07, 6.45) is 5.03. The van der Waals surface area contributed by atoms with Gasteiger partial charge in [0.1, 0.15) is 0 Å². The number of carbonyl (C=O) groups excluding carboxylic acids is 1. The molecule has 0 aliphatic heterocycles. The van der Waals surface area contributed by atoms with Crippen LogP contribution < -0.4 is 11.1 Å². The Labute approximate surface area is 107 Å². The van der Waals surface area contributed by atoms with Gasteiger partial charge in [0.05, 0.1) is 12.3 Å². The van der Waals surface area contributed by atoms with Crippen molar-refractivity contribution in [1.29, 1.82) is 0 Å². The molecular formula is C11H11BrN2OS. The maximum Gasteiger partial charge on any atom is 0.231 e. The summed E-state index contributed by atoms with van der Waals surface area (Å²) in [7, 11) is 0. The van der Waals surface area contributed by atoms with Crippen molar-refractivity contribution in [2.24, 2.45) is 0 Å². The molecule has 84 valence electrons. The molecule has 0 radical (unpaired) electrons. The number of terminal acetylenes is 1. The Bertz CT molecular complexity index is 428. The molecule has 16 heavy (non-hydrogen) atoms. The molecule has 0 saturated carbocycles. The number of hydrogen-bond acceptors (Lipinski definition) is 3. The zero-order valence-corrected chi connectivity index (χ0v) is 10.9. The third-order valence-electron chi connectivity index (χ3n) is 1.72. The molecule has 1 rings (SSSR count). The predicted molar refractivity (Wildman–Crippen MR) is 71.1 cm³/mol. The van der Waals surface area contributed by atoms with Crippen LogP contribution in [0.3, 0.4) is 0 Å². The van der Waals surface area contributed by atoms with Crippen molar-refractivity contribution >= 4 is 39.3 Å². The van der Waals surface area contributed by atoms with Crippen LogP contribution in [0.15, 0.2) is 27.6 Å². The molecule has 0 aliphatic rings. The average Bonchev–Trinajstić information content (AvgIpc) is 2.25. The number of nitrogens with one attached hydrogen (secondary N) is 1. The first-order chi connectivity index (χ1) is 7.63. The van der Waals surface area contributed by atoms with E-state index in [1.807, 2.05) is 18.2 Å². The Kier molecular flexibility index (Phi) is 5.23. The highest BCUT2D eigenvalue weighted by molar-refractivity contribution is 9.10. The fraction of sp³-hybridized carbons (Fsp3) is 0.182. The second-order valence-corrected chi connectivity index (χ2v) is 4.88. The monoisotopic (exact) mass is 298 g/mol. The fourth-order valence-electron chi connectivity index (χ4n) is 0.995. The van der Waals surface area contributed by atoms with E-state index in [1.54, 1.807) is 0 Å². The number of rotatable bonds is 4. The molecule has 1 amide bonds. The van der Waals surface area contributed by atoms with Crippen LogP contribution in [0.25, 0.3) is 0 Å². The van der Waals surface area contributed by atoms with Crippen molar-refractivity contribution in [2.75, 3.05) is 18.0 Å². The van der Waals surface area contributed by atoms with Crippen LogP contribution in [0.1, 0.15) is 0 Å². The first-order valence-corrected chi connectivity index (χ1v) is 6.29. The largest absolute Gasteiger partial charge is 0.398 e. The Balaban J connectivity index is 2.49. The van der Waals surface area contributed by atoms with Gasteiger partial charge < -0.3 is 11.1 Å². The number of anilines is 1. The van der Waals surface area contributed by atoms with Gasteiger partial charge in [-0.05, 0) is 18.2 Å². The molecule has 3 N–H and O–H groups in total. The van der Waals surface area contributed by atoms with E-state index >= 15 is 0 Å². The number of carbonyl (C=O) groups is 1. The van der Waals surface area contributed by atoms with E-state index in [2.05, 4.69) is 27.2 Å². The lowest BCUT2D eigenvalue weighted by atomic mass is 10.3. The minimum Gasteiger partial charge on any atom is -0.398 e. The predicted octanol–water partition coefficient (Wildman–Crippen LogP) is 1.87. The highest BCUT2D eigenvalue weighted by atomic mass is 79.9. The number of halogens is 1. The van der Waals surface area contributed by atoms with E-state index in [0.717, 1.165) is 9.37 Å². The summed E-state index contributed by atoms with van der Waals surface area (Å²) >= 11 is 4.71. The van der Waals surface area contributed by atoms with Crippen LogP contribution in [0, 0.1) is 12.3 Å². The van der Waals surface area contributed by atoms with E-state index in [9.17, 15) is 4.79 Å². The van der Waals surface area contributed by atoms with Crippen molar-refractivity contribution in [3.05, 3.63) is 22.7 Å². The molecule has 0 unspecified atom stereocenters. The van der Waals surface area contributed by atoms with Crippen LogP contribution in [-0.2, 0) is 4.79 Å². The van der Waals surface area contributed by atoms with Crippen LogP contribution in [0.4, 0.5) is 5.69 Å². The smallest absolute Gasteiger partial charge is 0.231 e. The van der Waals surface area contributed by atoms with Crippen molar-refractivity contribution in [1.82, 2.24) is 5.32 Å². The lowest BCUT2D eigenvalue weighted by Crippen LogP contribution is -2.25. The second-order valence-electron chi connectivity index (χ2n) is 2.95. The molecule has 0 saturated heterocycles. The third kappa shape index (κ3) is 4.17. The molecule has 1 aromatic carbocycles. The first kappa shape index (κ1) is 12.9. The van der Waals surface area contributed by atoms with Gasteiger partial charge in [-0.1, -0.05) is 21.9 Å². The zero-order chi connectivity index (χ0) is 12.0. The van der Waals surface area contributed by atoms with Gasteiger partial charge in [0.15, 0.2) is 0 Å². The lowest BCUT2D eigenvalue weighted by Gasteiger charge is -2.05. The van der Waals surface area contributed by atoms with Gasteiger partial charge >= 0.3 is 0 Å². The Morgan fingerprint density at radius 3 is 3.00 bits per heavy atom. The lowest BCUT2D eigenvalue weighted by molar-refractivity contribution is -0.118. The Morgan fingerprint density at radius 1 is 1.62 bits per heavy atom. The van der Waals surface area contributed by atoms with Crippen LogP contribution in [0.2, 0.25) is 0 Å². The molecule has 0 bridgehead atoms. The number of nitrogens with two attached hydrogens (primary N) is 1. The summed E-state index contributed by atoms with van der Waals surface area (Å²) < 4.78 is 0.922. The van der Waals surface area contributed by atoms with Gasteiger partial charge in [-0.2, -0.15) is 0 Å². The summed E-state index contributed by atoms with van der Waals surface area (Å²) in [6.45, 7) is 0.259. The molecule has 0 aliphatic carbocycles. The molecule has 3 nitrogen and oxygen atoms in total. The molecule has 0 aromatic heterocycles. The molecule has 0 fully saturated rings. The average molecular weight is 299 g/mol. The highest BCUT2D eigenvalue weighted by Gasteiger charge is 2.04. The third-order valence-corrected chi connectivity index (χ3v) is 3.30. The summed E-state index contributed by atoms with van der Waals surface area (Å²) in [5, 5.41) is 2.59. The molecule has 0 heterocycles. The normalized spacial score (nSPS) is 9.50. The number of thioether (sulfide) groups is 1. The van der Waals surface area contributed by atoms with Gasteiger partial charge in [0.25, 0.3) is 0 Å². The number of amides is 1. The van der Waals surface area contributed by atoms with Crippen molar-refractivity contribution in [2.45, 2.75) is 4.90 Å². The van der Waals surface area contributed by atoms with E-state index in [4.69, 9.17) is 12.2 Å². The van der Waals surface area contributed by atoms with Crippen molar-refractivity contribution in [3.63, 3.8) is 0 Å². The van der Waals surface area contributed by atoms with E-state index in [0.29, 0.717) is 11.4 Å². The van der Waals surface area contributed by atoms with Crippen LogP contribution in [-0.4, -0.2) is 18.2 Å². The summed E-state index contributed by atoms with van der Waals surface area (Å²) in [4.78, 5) is 12.2. The van der Waals surface area contributed by atoms with E-state index in [1.165, 1.54) is 11.8 Å².